The van der Waals surface area contributed by atoms with Gasteiger partial charge in [-0.25, -0.2) is 0 Å². The molecule has 0 aliphatic carbocycles. The average Bonchev–Trinajstić information content (AvgIpc) is 2.78. The summed E-state index contributed by atoms with van der Waals surface area (Å²) in [6, 6.07) is 8.15. The predicted molar refractivity (Wildman–Crippen MR) is 63.7 cm³/mol. The van der Waals surface area contributed by atoms with Crippen molar-refractivity contribution in [1.29, 1.82) is 0 Å². The fraction of sp³-hybridized carbons (Fsp3) is 0.300. The zero-order chi connectivity index (χ0) is 11.4. The molecule has 2 rings (SSSR count). The van der Waals surface area contributed by atoms with Gasteiger partial charge in [-0.05, 0) is 48.0 Å². The molecule has 1 N–H and O–H groups in total. The van der Waals surface area contributed by atoms with Crippen molar-refractivity contribution in [2.45, 2.75) is 11.4 Å². The molecule has 1 heterocycles. The molecule has 0 fully saturated rings. The van der Waals surface area contributed by atoms with Gasteiger partial charge in [0.2, 0.25) is 0 Å². The van der Waals surface area contributed by atoms with Gasteiger partial charge in [-0.3, -0.25) is 0 Å². The van der Waals surface area contributed by atoms with Crippen LogP contribution in [0.2, 0.25) is 0 Å². The minimum Gasteiger partial charge on any atom is -0.313 e. The van der Waals surface area contributed by atoms with Gasteiger partial charge in [0.05, 0.1) is 12.2 Å². The SMILES string of the molecule is CNCc1nnnn1-c1ccc(SC)cc1. The lowest BCUT2D eigenvalue weighted by atomic mass is 10.3. The monoisotopic (exact) mass is 235 g/mol. The van der Waals surface area contributed by atoms with Gasteiger partial charge >= 0.3 is 0 Å². The van der Waals surface area contributed by atoms with Crippen LogP contribution in [0.25, 0.3) is 5.69 Å². The van der Waals surface area contributed by atoms with Gasteiger partial charge in [0.15, 0.2) is 5.82 Å². The van der Waals surface area contributed by atoms with Crippen molar-refractivity contribution in [1.82, 2.24) is 25.5 Å². The van der Waals surface area contributed by atoms with E-state index in [1.165, 1.54) is 4.90 Å². The number of hydrogen-bond donors (Lipinski definition) is 1. The Bertz CT molecular complexity index is 450. The zero-order valence-electron chi connectivity index (χ0n) is 9.21. The van der Waals surface area contributed by atoms with Crippen LogP contribution in [-0.2, 0) is 6.54 Å². The maximum Gasteiger partial charge on any atom is 0.170 e. The van der Waals surface area contributed by atoms with E-state index in [1.807, 2.05) is 19.2 Å². The van der Waals surface area contributed by atoms with Crippen LogP contribution in [0.5, 0.6) is 0 Å². The molecule has 0 unspecified atom stereocenters. The smallest absolute Gasteiger partial charge is 0.170 e. The molecule has 1 aromatic heterocycles. The lowest BCUT2D eigenvalue weighted by Gasteiger charge is -2.04. The van der Waals surface area contributed by atoms with E-state index in [4.69, 9.17) is 0 Å². The summed E-state index contributed by atoms with van der Waals surface area (Å²) in [5.41, 5.74) is 0.980. The van der Waals surface area contributed by atoms with E-state index in [1.54, 1.807) is 16.4 Å². The number of tetrazole rings is 1. The summed E-state index contributed by atoms with van der Waals surface area (Å²) in [5.74, 6) is 0.805. The third-order valence-corrected chi connectivity index (χ3v) is 2.93. The Morgan fingerprint density at radius 2 is 2.06 bits per heavy atom. The molecule has 0 amide bonds. The topological polar surface area (TPSA) is 55.6 Å². The lowest BCUT2D eigenvalue weighted by Crippen LogP contribution is -2.12. The van der Waals surface area contributed by atoms with Crippen molar-refractivity contribution in [3.63, 3.8) is 0 Å². The molecule has 5 nitrogen and oxygen atoms in total. The highest BCUT2D eigenvalue weighted by Crippen LogP contribution is 2.16. The first-order valence-electron chi connectivity index (χ1n) is 4.91. The number of hydrogen-bond acceptors (Lipinski definition) is 5. The molecule has 0 saturated heterocycles. The summed E-state index contributed by atoms with van der Waals surface area (Å²) >= 11 is 1.72. The maximum atomic E-state index is 3.97. The lowest BCUT2D eigenvalue weighted by molar-refractivity contribution is 0.708. The van der Waals surface area contributed by atoms with Crippen LogP contribution in [0.4, 0.5) is 0 Å². The largest absolute Gasteiger partial charge is 0.313 e. The van der Waals surface area contributed by atoms with E-state index in [0.717, 1.165) is 11.5 Å². The molecule has 0 radical (unpaired) electrons. The van der Waals surface area contributed by atoms with E-state index in [9.17, 15) is 0 Å². The number of aromatic nitrogens is 4. The van der Waals surface area contributed by atoms with E-state index < -0.39 is 0 Å². The number of rotatable bonds is 4. The average molecular weight is 235 g/mol. The molecule has 1 aromatic carbocycles. The van der Waals surface area contributed by atoms with E-state index in [2.05, 4.69) is 39.2 Å². The first-order chi connectivity index (χ1) is 7.85. The Hall–Kier alpha value is -1.40. The van der Waals surface area contributed by atoms with E-state index in [0.29, 0.717) is 6.54 Å². The van der Waals surface area contributed by atoms with Gasteiger partial charge in [-0.2, -0.15) is 4.68 Å². The molecule has 0 saturated carbocycles. The van der Waals surface area contributed by atoms with Crippen molar-refractivity contribution in [2.24, 2.45) is 0 Å². The molecule has 2 aromatic rings. The van der Waals surface area contributed by atoms with Gasteiger partial charge in [0.25, 0.3) is 0 Å². The number of nitrogens with one attached hydrogen (secondary N) is 1. The summed E-state index contributed by atoms with van der Waals surface area (Å²) in [4.78, 5) is 1.23. The van der Waals surface area contributed by atoms with Crippen LogP contribution in [0.15, 0.2) is 29.2 Å². The van der Waals surface area contributed by atoms with Gasteiger partial charge in [0.1, 0.15) is 0 Å². The molecular formula is C10H13N5S. The third-order valence-electron chi connectivity index (χ3n) is 2.19. The molecule has 0 aliphatic heterocycles. The third kappa shape index (κ3) is 2.23. The van der Waals surface area contributed by atoms with Gasteiger partial charge in [-0.1, -0.05) is 0 Å². The zero-order valence-corrected chi connectivity index (χ0v) is 10.0. The molecule has 0 spiro atoms. The number of nitrogens with zero attached hydrogens (tertiary/aromatic N) is 4. The first kappa shape index (κ1) is 11.1. The molecular weight excluding hydrogens is 222 g/mol. The standard InChI is InChI=1S/C10H13N5S/c1-11-7-10-12-13-14-15(10)8-3-5-9(16-2)6-4-8/h3-6,11H,7H2,1-2H3. The summed E-state index contributed by atoms with van der Waals surface area (Å²) in [6.45, 7) is 0.650. The van der Waals surface area contributed by atoms with Crippen LogP contribution in [0.1, 0.15) is 5.82 Å². The molecule has 6 heteroatoms. The van der Waals surface area contributed by atoms with Crippen molar-refractivity contribution >= 4 is 11.8 Å². The summed E-state index contributed by atoms with van der Waals surface area (Å²) in [5, 5.41) is 14.6. The van der Waals surface area contributed by atoms with Gasteiger partial charge in [0, 0.05) is 4.90 Å². The molecule has 0 atom stereocenters. The van der Waals surface area contributed by atoms with Gasteiger partial charge < -0.3 is 5.32 Å². The van der Waals surface area contributed by atoms with Crippen LogP contribution in [0, 0.1) is 0 Å². The van der Waals surface area contributed by atoms with Crippen LogP contribution in [0.3, 0.4) is 0 Å². The van der Waals surface area contributed by atoms with E-state index >= 15 is 0 Å². The minimum atomic E-state index is 0.650. The highest BCUT2D eigenvalue weighted by molar-refractivity contribution is 7.98. The van der Waals surface area contributed by atoms with Gasteiger partial charge in [-0.15, -0.1) is 16.9 Å². The second-order valence-electron chi connectivity index (χ2n) is 3.24. The second-order valence-corrected chi connectivity index (χ2v) is 4.11. The maximum absolute atomic E-state index is 3.97. The minimum absolute atomic E-state index is 0.650. The highest BCUT2D eigenvalue weighted by Gasteiger charge is 2.06. The second kappa shape index (κ2) is 5.09. The molecule has 84 valence electrons. The quantitative estimate of drug-likeness (QED) is 0.804. The Morgan fingerprint density at radius 3 is 2.69 bits per heavy atom. The van der Waals surface area contributed by atoms with Crippen molar-refractivity contribution in [3.8, 4) is 5.69 Å². The van der Waals surface area contributed by atoms with Crippen LogP contribution < -0.4 is 5.32 Å². The van der Waals surface area contributed by atoms with Crippen molar-refractivity contribution in [2.75, 3.05) is 13.3 Å². The number of benzene rings is 1. The Labute approximate surface area is 98.2 Å². The Balaban J connectivity index is 2.31. The molecule has 16 heavy (non-hydrogen) atoms. The molecule has 0 aliphatic rings. The van der Waals surface area contributed by atoms with Crippen molar-refractivity contribution in [3.05, 3.63) is 30.1 Å². The number of thioether (sulfide) groups is 1. The normalized spacial score (nSPS) is 10.6. The first-order valence-corrected chi connectivity index (χ1v) is 6.14. The summed E-state index contributed by atoms with van der Waals surface area (Å²) in [6.07, 6.45) is 2.05. The van der Waals surface area contributed by atoms with Crippen LogP contribution in [-0.4, -0.2) is 33.5 Å². The van der Waals surface area contributed by atoms with Crippen LogP contribution >= 0.6 is 11.8 Å². The van der Waals surface area contributed by atoms with E-state index in [-0.39, 0.29) is 0 Å². The predicted octanol–water partition coefficient (Wildman–Crippen LogP) is 1.10. The molecule has 0 bridgehead atoms. The fourth-order valence-electron chi connectivity index (χ4n) is 1.40. The Morgan fingerprint density at radius 1 is 1.31 bits per heavy atom. The fourth-order valence-corrected chi connectivity index (χ4v) is 1.81. The Kier molecular flexibility index (Phi) is 3.53. The van der Waals surface area contributed by atoms with Crippen molar-refractivity contribution < 1.29 is 0 Å². The summed E-state index contributed by atoms with van der Waals surface area (Å²) in [7, 11) is 1.87. The summed E-state index contributed by atoms with van der Waals surface area (Å²) < 4.78 is 1.74. The highest BCUT2D eigenvalue weighted by atomic mass is 32.2.